The van der Waals surface area contributed by atoms with E-state index in [0.717, 1.165) is 16.5 Å². The van der Waals surface area contributed by atoms with Gasteiger partial charge >= 0.3 is 0 Å². The van der Waals surface area contributed by atoms with E-state index in [1.165, 1.54) is 0 Å². The van der Waals surface area contributed by atoms with Crippen molar-refractivity contribution in [1.29, 1.82) is 0 Å². The van der Waals surface area contributed by atoms with Crippen LogP contribution in [0.1, 0.15) is 5.56 Å². The molecule has 1 aromatic heterocycles. The largest absolute Gasteiger partial charge is 0.361 e. The number of hydrogen-bond donors (Lipinski definition) is 2. The summed E-state index contributed by atoms with van der Waals surface area (Å²) in [5.74, 6) is -0.158. The van der Waals surface area contributed by atoms with Gasteiger partial charge in [-0.3, -0.25) is 4.79 Å². The summed E-state index contributed by atoms with van der Waals surface area (Å²) in [6, 6.07) is 13.0. The van der Waals surface area contributed by atoms with E-state index in [4.69, 9.17) is 23.2 Å². The molecule has 0 atom stereocenters. The normalized spacial score (nSPS) is 10.8. The molecule has 5 heteroatoms. The van der Waals surface area contributed by atoms with Crippen LogP contribution in [-0.4, -0.2) is 10.9 Å². The van der Waals surface area contributed by atoms with E-state index in [-0.39, 0.29) is 12.3 Å². The molecule has 2 N–H and O–H groups in total. The first kappa shape index (κ1) is 14.0. The molecule has 0 aliphatic carbocycles. The van der Waals surface area contributed by atoms with Crippen molar-refractivity contribution in [3.05, 3.63) is 64.3 Å². The summed E-state index contributed by atoms with van der Waals surface area (Å²) in [5.41, 5.74) is 2.40. The number of H-pyrrole nitrogens is 1. The van der Waals surface area contributed by atoms with Crippen molar-refractivity contribution in [3.8, 4) is 0 Å². The summed E-state index contributed by atoms with van der Waals surface area (Å²) in [6.07, 6.45) is 2.10. The van der Waals surface area contributed by atoms with E-state index in [9.17, 15) is 4.79 Å². The van der Waals surface area contributed by atoms with Crippen LogP contribution in [0, 0.1) is 0 Å². The third-order valence-electron chi connectivity index (χ3n) is 3.25. The summed E-state index contributed by atoms with van der Waals surface area (Å²) < 4.78 is 0. The lowest BCUT2D eigenvalue weighted by molar-refractivity contribution is -0.115. The third kappa shape index (κ3) is 2.89. The molecule has 1 amide bonds. The Morgan fingerprint density at radius 1 is 1.05 bits per heavy atom. The summed E-state index contributed by atoms with van der Waals surface area (Å²) >= 11 is 12.1. The minimum Gasteiger partial charge on any atom is -0.361 e. The molecule has 2 aromatic carbocycles. The molecular weight excluding hydrogens is 307 g/mol. The number of nitrogens with one attached hydrogen (secondary N) is 2. The monoisotopic (exact) mass is 318 g/mol. The zero-order valence-electron chi connectivity index (χ0n) is 11.0. The van der Waals surface area contributed by atoms with Gasteiger partial charge in [-0.05, 0) is 23.8 Å². The number of carbonyl (C=O) groups is 1. The van der Waals surface area contributed by atoms with E-state index in [1.54, 1.807) is 18.2 Å². The van der Waals surface area contributed by atoms with Gasteiger partial charge in [0.2, 0.25) is 5.91 Å². The number of anilines is 1. The van der Waals surface area contributed by atoms with E-state index in [0.29, 0.717) is 15.7 Å². The van der Waals surface area contributed by atoms with Gasteiger partial charge in [-0.2, -0.15) is 0 Å². The molecule has 3 aromatic rings. The lowest BCUT2D eigenvalue weighted by Crippen LogP contribution is -2.14. The molecule has 0 fully saturated rings. The minimum absolute atomic E-state index is 0.158. The molecule has 0 aliphatic heterocycles. The van der Waals surface area contributed by atoms with Crippen LogP contribution in [0.4, 0.5) is 5.69 Å². The fraction of sp³-hybridized carbons (Fsp3) is 0.0625. The number of hydrogen-bond acceptors (Lipinski definition) is 1. The molecule has 1 heterocycles. The smallest absolute Gasteiger partial charge is 0.228 e. The minimum atomic E-state index is -0.158. The van der Waals surface area contributed by atoms with E-state index < -0.39 is 0 Å². The maximum Gasteiger partial charge on any atom is 0.228 e. The highest BCUT2D eigenvalue weighted by Crippen LogP contribution is 2.30. The predicted molar refractivity (Wildman–Crippen MR) is 87.1 cm³/mol. The number of amides is 1. The van der Waals surface area contributed by atoms with Crippen molar-refractivity contribution in [2.24, 2.45) is 0 Å². The highest BCUT2D eigenvalue weighted by atomic mass is 35.5. The molecule has 3 rings (SSSR count). The zero-order valence-corrected chi connectivity index (χ0v) is 12.5. The number of aromatic amines is 1. The van der Waals surface area contributed by atoms with Crippen molar-refractivity contribution >= 4 is 45.7 Å². The summed E-state index contributed by atoms with van der Waals surface area (Å²) in [5, 5.41) is 4.66. The van der Waals surface area contributed by atoms with Crippen LogP contribution in [0.3, 0.4) is 0 Å². The average Bonchev–Trinajstić information content (AvgIpc) is 2.87. The molecule has 0 spiro atoms. The molecule has 0 radical (unpaired) electrons. The van der Waals surface area contributed by atoms with Gasteiger partial charge in [-0.25, -0.2) is 0 Å². The predicted octanol–water partition coefficient (Wildman–Crippen LogP) is 4.66. The average molecular weight is 319 g/mol. The maximum absolute atomic E-state index is 12.2. The molecular formula is C16H12Cl2N2O. The molecule has 0 saturated carbocycles. The highest BCUT2D eigenvalue weighted by molar-refractivity contribution is 6.39. The van der Waals surface area contributed by atoms with Crippen LogP contribution < -0.4 is 5.32 Å². The zero-order chi connectivity index (χ0) is 14.8. The maximum atomic E-state index is 12.2. The van der Waals surface area contributed by atoms with Crippen molar-refractivity contribution in [1.82, 2.24) is 4.98 Å². The summed E-state index contributed by atoms with van der Waals surface area (Å²) in [6.45, 7) is 0. The fourth-order valence-corrected chi connectivity index (χ4v) is 2.74. The highest BCUT2D eigenvalue weighted by Gasteiger charge is 2.12. The van der Waals surface area contributed by atoms with Crippen LogP contribution in [0.2, 0.25) is 10.0 Å². The Balaban J connectivity index is 1.81. The van der Waals surface area contributed by atoms with Crippen molar-refractivity contribution in [2.75, 3.05) is 5.32 Å². The Bertz CT molecular complexity index is 791. The standard InChI is InChI=1S/C16H12Cl2N2O/c17-12-5-3-6-13(18)16(12)20-15(21)8-10-9-19-14-7-2-1-4-11(10)14/h1-7,9,19H,8H2,(H,20,21). The molecule has 0 aliphatic rings. The summed E-state index contributed by atoms with van der Waals surface area (Å²) in [4.78, 5) is 15.3. The number of halogens is 2. The molecule has 21 heavy (non-hydrogen) atoms. The number of benzene rings is 2. The van der Waals surface area contributed by atoms with Crippen LogP contribution in [-0.2, 0) is 11.2 Å². The van der Waals surface area contributed by atoms with Gasteiger partial charge in [0.1, 0.15) is 0 Å². The van der Waals surface area contributed by atoms with Crippen molar-refractivity contribution < 1.29 is 4.79 Å². The Morgan fingerprint density at radius 3 is 2.52 bits per heavy atom. The Morgan fingerprint density at radius 2 is 1.76 bits per heavy atom. The number of rotatable bonds is 3. The van der Waals surface area contributed by atoms with Gasteiger partial charge < -0.3 is 10.3 Å². The number of carbonyl (C=O) groups excluding carboxylic acids is 1. The first-order chi connectivity index (χ1) is 10.1. The number of fused-ring (bicyclic) bond motifs is 1. The second-order valence-corrected chi connectivity index (χ2v) is 5.50. The van der Waals surface area contributed by atoms with E-state index in [2.05, 4.69) is 10.3 Å². The van der Waals surface area contributed by atoms with E-state index in [1.807, 2.05) is 30.5 Å². The Hall–Kier alpha value is -1.97. The van der Waals surface area contributed by atoms with Crippen LogP contribution in [0.25, 0.3) is 10.9 Å². The first-order valence-electron chi connectivity index (χ1n) is 6.44. The van der Waals surface area contributed by atoms with Crippen LogP contribution in [0.15, 0.2) is 48.7 Å². The lowest BCUT2D eigenvalue weighted by atomic mass is 10.1. The fourth-order valence-electron chi connectivity index (χ4n) is 2.25. The van der Waals surface area contributed by atoms with Crippen molar-refractivity contribution in [3.63, 3.8) is 0 Å². The second kappa shape index (κ2) is 5.80. The van der Waals surface area contributed by atoms with Crippen LogP contribution >= 0.6 is 23.2 Å². The molecule has 0 saturated heterocycles. The van der Waals surface area contributed by atoms with Gasteiger partial charge in [-0.1, -0.05) is 47.5 Å². The summed E-state index contributed by atoms with van der Waals surface area (Å²) in [7, 11) is 0. The van der Waals surface area contributed by atoms with Gasteiger partial charge in [0.25, 0.3) is 0 Å². The topological polar surface area (TPSA) is 44.9 Å². The van der Waals surface area contributed by atoms with E-state index >= 15 is 0 Å². The SMILES string of the molecule is O=C(Cc1c[nH]c2ccccc12)Nc1c(Cl)cccc1Cl. The lowest BCUT2D eigenvalue weighted by Gasteiger charge is -2.08. The number of aromatic nitrogens is 1. The Labute approximate surface area is 131 Å². The third-order valence-corrected chi connectivity index (χ3v) is 3.88. The molecule has 106 valence electrons. The van der Waals surface area contributed by atoms with Gasteiger partial charge in [-0.15, -0.1) is 0 Å². The molecule has 3 nitrogen and oxygen atoms in total. The quantitative estimate of drug-likeness (QED) is 0.725. The van der Waals surface area contributed by atoms with Gasteiger partial charge in [0.15, 0.2) is 0 Å². The van der Waals surface area contributed by atoms with Gasteiger partial charge in [0, 0.05) is 17.1 Å². The number of para-hydroxylation sites is 2. The van der Waals surface area contributed by atoms with Crippen molar-refractivity contribution in [2.45, 2.75) is 6.42 Å². The van der Waals surface area contributed by atoms with Crippen LogP contribution in [0.5, 0.6) is 0 Å². The molecule has 0 unspecified atom stereocenters. The Kier molecular flexibility index (Phi) is 3.86. The van der Waals surface area contributed by atoms with Gasteiger partial charge in [0.05, 0.1) is 22.2 Å². The molecule has 0 bridgehead atoms. The first-order valence-corrected chi connectivity index (χ1v) is 7.19. The second-order valence-electron chi connectivity index (χ2n) is 4.68.